The monoisotopic (exact) mass is 559 g/mol. The molecule has 2 aliphatic heterocycles. The number of hydrogen-bond donors (Lipinski definition) is 2. The maximum atomic E-state index is 15.0. The number of benzene rings is 1. The van der Waals surface area contributed by atoms with Gasteiger partial charge in [0.05, 0.1) is 34.2 Å². The fraction of sp³-hybridized carbons (Fsp3) is 0.481. The Kier molecular flexibility index (Phi) is 7.68. The summed E-state index contributed by atoms with van der Waals surface area (Å²) in [7, 11) is 0. The number of imide groups is 1. The van der Waals surface area contributed by atoms with Crippen LogP contribution in [0.2, 0.25) is 5.02 Å². The molecule has 0 saturated carbocycles. The van der Waals surface area contributed by atoms with Crippen LogP contribution in [0.5, 0.6) is 0 Å². The standard InChI is InChI=1S/C27H31ClFN5O3S/c1-15-6-16(28)7-21(20(15)9-18-11-30-13-27(2,3)37-18)24-25-22(32-14-33-24)10-19(38-25)8-17(29)12-34-23(35)4-5-31-26(34)36/h6-7,10,14,17-18,30H,4-5,8-9,11-13H2,1-3H3,(H,31,36)/t17?,18-/m1/s1. The molecule has 3 amide bonds. The molecule has 5 rings (SSSR count). The summed E-state index contributed by atoms with van der Waals surface area (Å²) in [6.45, 7) is 7.75. The number of rotatable bonds is 7. The number of alkyl halides is 1. The molecule has 2 fully saturated rings. The Balaban J connectivity index is 1.43. The van der Waals surface area contributed by atoms with Gasteiger partial charge in [0.15, 0.2) is 0 Å². The average molecular weight is 560 g/mol. The second-order valence-electron chi connectivity index (χ2n) is 10.5. The lowest BCUT2D eigenvalue weighted by Gasteiger charge is -2.37. The van der Waals surface area contributed by atoms with Gasteiger partial charge < -0.3 is 15.4 Å². The van der Waals surface area contributed by atoms with Gasteiger partial charge >= 0.3 is 6.03 Å². The van der Waals surface area contributed by atoms with Crippen molar-refractivity contribution >= 4 is 45.1 Å². The molecular formula is C27H31ClFN5O3S. The van der Waals surface area contributed by atoms with Gasteiger partial charge in [-0.1, -0.05) is 11.6 Å². The number of aromatic nitrogens is 2. The third-order valence-corrected chi connectivity index (χ3v) is 8.23. The third kappa shape index (κ3) is 5.83. The summed E-state index contributed by atoms with van der Waals surface area (Å²) in [6, 6.07) is 5.18. The van der Waals surface area contributed by atoms with Crippen molar-refractivity contribution in [3.8, 4) is 11.3 Å². The zero-order valence-corrected chi connectivity index (χ0v) is 23.2. The normalized spacial score (nSPS) is 20.6. The summed E-state index contributed by atoms with van der Waals surface area (Å²) >= 11 is 7.92. The van der Waals surface area contributed by atoms with Gasteiger partial charge in [-0.15, -0.1) is 11.3 Å². The van der Waals surface area contributed by atoms with Crippen molar-refractivity contribution in [3.05, 3.63) is 45.6 Å². The van der Waals surface area contributed by atoms with E-state index in [0.29, 0.717) is 17.0 Å². The van der Waals surface area contributed by atoms with E-state index in [-0.39, 0.29) is 43.5 Å². The van der Waals surface area contributed by atoms with Gasteiger partial charge in [0.1, 0.15) is 12.5 Å². The Bertz CT molecular complexity index is 1360. The summed E-state index contributed by atoms with van der Waals surface area (Å²) in [4.78, 5) is 34.8. The van der Waals surface area contributed by atoms with Crippen LogP contribution in [-0.2, 0) is 22.4 Å². The minimum atomic E-state index is -1.39. The van der Waals surface area contributed by atoms with E-state index in [9.17, 15) is 9.59 Å². The predicted molar refractivity (Wildman–Crippen MR) is 146 cm³/mol. The van der Waals surface area contributed by atoms with Gasteiger partial charge in [-0.05, 0) is 50.1 Å². The molecule has 202 valence electrons. The van der Waals surface area contributed by atoms with Gasteiger partial charge in [-0.3, -0.25) is 9.69 Å². The number of carbonyl (C=O) groups is 2. The molecule has 11 heteroatoms. The van der Waals surface area contributed by atoms with Crippen LogP contribution in [0.1, 0.15) is 36.3 Å². The Labute approximate surface area is 229 Å². The van der Waals surface area contributed by atoms with Crippen LogP contribution < -0.4 is 10.6 Å². The summed E-state index contributed by atoms with van der Waals surface area (Å²) in [5, 5.41) is 6.66. The van der Waals surface area contributed by atoms with Gasteiger partial charge in [0, 0.05) is 54.4 Å². The van der Waals surface area contributed by atoms with E-state index in [4.69, 9.17) is 16.3 Å². The molecular weight excluding hydrogens is 529 g/mol. The topological polar surface area (TPSA) is 96.5 Å². The molecule has 0 spiro atoms. The Morgan fingerprint density at radius 2 is 2.11 bits per heavy atom. The van der Waals surface area contributed by atoms with Crippen LogP contribution in [-0.4, -0.2) is 70.9 Å². The van der Waals surface area contributed by atoms with Crippen molar-refractivity contribution in [2.45, 2.75) is 57.9 Å². The first-order valence-electron chi connectivity index (χ1n) is 12.7. The Morgan fingerprint density at radius 3 is 2.87 bits per heavy atom. The first-order valence-corrected chi connectivity index (χ1v) is 13.9. The minimum absolute atomic E-state index is 0.00408. The average Bonchev–Trinajstić information content (AvgIpc) is 3.25. The summed E-state index contributed by atoms with van der Waals surface area (Å²) in [5.74, 6) is -0.356. The first kappa shape index (κ1) is 26.9. The molecule has 2 aliphatic rings. The first-order chi connectivity index (χ1) is 18.1. The fourth-order valence-electron chi connectivity index (χ4n) is 5.15. The highest BCUT2D eigenvalue weighted by Crippen LogP contribution is 2.38. The second kappa shape index (κ2) is 10.8. The van der Waals surface area contributed by atoms with Crippen molar-refractivity contribution in [2.75, 3.05) is 26.2 Å². The van der Waals surface area contributed by atoms with Crippen LogP contribution in [0.3, 0.4) is 0 Å². The number of nitrogens with zero attached hydrogens (tertiary/aromatic N) is 3. The van der Waals surface area contributed by atoms with E-state index < -0.39 is 12.2 Å². The zero-order chi connectivity index (χ0) is 27.0. The van der Waals surface area contributed by atoms with E-state index in [0.717, 1.165) is 50.0 Å². The highest BCUT2D eigenvalue weighted by atomic mass is 35.5. The van der Waals surface area contributed by atoms with E-state index in [1.54, 1.807) is 0 Å². The third-order valence-electron chi connectivity index (χ3n) is 6.86. The van der Waals surface area contributed by atoms with Gasteiger partial charge in [-0.25, -0.2) is 19.2 Å². The molecule has 1 aromatic carbocycles. The summed E-state index contributed by atoms with van der Waals surface area (Å²) < 4.78 is 22.2. The lowest BCUT2D eigenvalue weighted by Crippen LogP contribution is -2.51. The number of amides is 3. The summed E-state index contributed by atoms with van der Waals surface area (Å²) in [6.07, 6.45) is 1.05. The Morgan fingerprint density at radius 1 is 1.29 bits per heavy atom. The number of urea groups is 1. The molecule has 2 aromatic heterocycles. The van der Waals surface area contributed by atoms with Gasteiger partial charge in [0.2, 0.25) is 5.91 Å². The number of carbonyl (C=O) groups excluding carboxylic acids is 2. The Hall–Kier alpha value is -2.66. The van der Waals surface area contributed by atoms with E-state index in [2.05, 4.69) is 34.4 Å². The number of aryl methyl sites for hydroxylation is 1. The van der Waals surface area contributed by atoms with E-state index in [1.165, 1.54) is 17.7 Å². The van der Waals surface area contributed by atoms with E-state index in [1.807, 2.05) is 25.1 Å². The van der Waals surface area contributed by atoms with Crippen molar-refractivity contribution in [3.63, 3.8) is 0 Å². The number of halogens is 2. The number of morpholine rings is 1. The number of fused-ring (bicyclic) bond motifs is 1. The SMILES string of the molecule is Cc1cc(Cl)cc(-c2ncnc3cc(CC(F)CN4C(=O)CCNC4=O)sc23)c1C[C@@H]1CNCC(C)(C)O1. The largest absolute Gasteiger partial charge is 0.369 e. The molecule has 2 saturated heterocycles. The molecule has 2 N–H and O–H groups in total. The van der Waals surface area contributed by atoms with Crippen molar-refractivity contribution < 1.29 is 18.7 Å². The zero-order valence-electron chi connectivity index (χ0n) is 21.6. The van der Waals surface area contributed by atoms with Crippen LogP contribution >= 0.6 is 22.9 Å². The maximum absolute atomic E-state index is 15.0. The van der Waals surface area contributed by atoms with Crippen molar-refractivity contribution in [2.24, 2.45) is 0 Å². The molecule has 38 heavy (non-hydrogen) atoms. The number of hydrogen-bond acceptors (Lipinski definition) is 7. The van der Waals surface area contributed by atoms with Gasteiger partial charge in [0.25, 0.3) is 0 Å². The molecule has 0 bridgehead atoms. The molecule has 4 heterocycles. The molecule has 1 unspecified atom stereocenters. The minimum Gasteiger partial charge on any atom is -0.369 e. The highest BCUT2D eigenvalue weighted by Gasteiger charge is 2.31. The smallest absolute Gasteiger partial charge is 0.324 e. The number of thiophene rings is 1. The maximum Gasteiger partial charge on any atom is 0.324 e. The second-order valence-corrected chi connectivity index (χ2v) is 12.1. The van der Waals surface area contributed by atoms with Crippen LogP contribution in [0, 0.1) is 6.92 Å². The van der Waals surface area contributed by atoms with Crippen LogP contribution in [0.25, 0.3) is 21.5 Å². The molecule has 3 aromatic rings. The van der Waals surface area contributed by atoms with E-state index >= 15 is 4.39 Å². The predicted octanol–water partition coefficient (Wildman–Crippen LogP) is 4.45. The molecule has 0 radical (unpaired) electrons. The lowest BCUT2D eigenvalue weighted by molar-refractivity contribution is -0.129. The van der Waals surface area contributed by atoms with Crippen LogP contribution in [0.15, 0.2) is 24.5 Å². The molecule has 2 atom stereocenters. The molecule has 8 nitrogen and oxygen atoms in total. The van der Waals surface area contributed by atoms with Crippen molar-refractivity contribution in [1.82, 2.24) is 25.5 Å². The highest BCUT2D eigenvalue weighted by molar-refractivity contribution is 7.19. The summed E-state index contributed by atoms with van der Waals surface area (Å²) in [5.41, 5.74) is 4.28. The number of nitrogens with one attached hydrogen (secondary N) is 2. The number of ether oxygens (including phenoxy) is 1. The van der Waals surface area contributed by atoms with Crippen molar-refractivity contribution in [1.29, 1.82) is 0 Å². The molecule has 0 aliphatic carbocycles. The quantitative estimate of drug-likeness (QED) is 0.444. The van der Waals surface area contributed by atoms with Gasteiger partial charge in [-0.2, -0.15) is 0 Å². The van der Waals surface area contributed by atoms with Crippen LogP contribution in [0.4, 0.5) is 9.18 Å². The lowest BCUT2D eigenvalue weighted by atomic mass is 9.93. The fourth-order valence-corrected chi connectivity index (χ4v) is 6.59.